The van der Waals surface area contributed by atoms with Gasteiger partial charge in [-0.1, -0.05) is 115 Å². The van der Waals surface area contributed by atoms with Crippen LogP contribution in [0.2, 0.25) is 0 Å². The number of nitrogens with zero attached hydrogens (tertiary/aromatic N) is 2. The third-order valence-corrected chi connectivity index (χ3v) is 9.50. The van der Waals surface area contributed by atoms with Crippen LogP contribution < -0.4 is 9.80 Å². The Hall–Kier alpha value is -5.60. The third kappa shape index (κ3) is 5.91. The summed E-state index contributed by atoms with van der Waals surface area (Å²) in [5.41, 5.74) is 12.4. The highest BCUT2D eigenvalue weighted by Crippen LogP contribution is 2.40. The molecule has 8 rings (SSSR count). The first-order valence-electron chi connectivity index (χ1n) is 16.7. The Balaban J connectivity index is 1.10. The topological polar surface area (TPSA) is 6.48 Å². The first kappa shape index (κ1) is 28.8. The summed E-state index contributed by atoms with van der Waals surface area (Å²) in [6.45, 7) is 2.15. The van der Waals surface area contributed by atoms with E-state index in [0.29, 0.717) is 5.92 Å². The van der Waals surface area contributed by atoms with Crippen molar-refractivity contribution >= 4 is 33.5 Å². The van der Waals surface area contributed by atoms with Gasteiger partial charge in [-0.3, -0.25) is 0 Å². The number of rotatable bonds is 7. The molecule has 2 nitrogen and oxygen atoms in total. The number of hydrogen-bond donors (Lipinski definition) is 0. The normalized spacial score (nSPS) is 16.7. The van der Waals surface area contributed by atoms with Gasteiger partial charge in [0.1, 0.15) is 0 Å². The molecule has 0 bridgehead atoms. The van der Waals surface area contributed by atoms with E-state index in [4.69, 9.17) is 0 Å². The second-order valence-electron chi connectivity index (χ2n) is 12.6. The van der Waals surface area contributed by atoms with Gasteiger partial charge < -0.3 is 9.80 Å². The van der Waals surface area contributed by atoms with Gasteiger partial charge in [-0.25, -0.2) is 0 Å². The Kier molecular flexibility index (Phi) is 7.77. The highest BCUT2D eigenvalue weighted by Gasteiger charge is 2.23. The molecule has 47 heavy (non-hydrogen) atoms. The van der Waals surface area contributed by atoms with Crippen molar-refractivity contribution in [3.63, 3.8) is 0 Å². The summed E-state index contributed by atoms with van der Waals surface area (Å²) in [5, 5.41) is 2.52. The van der Waals surface area contributed by atoms with E-state index >= 15 is 0 Å². The Bertz CT molecular complexity index is 2100. The van der Waals surface area contributed by atoms with Crippen LogP contribution in [0.5, 0.6) is 0 Å². The number of anilines is 4. The summed E-state index contributed by atoms with van der Waals surface area (Å²) in [4.78, 5) is 4.83. The molecule has 2 heteroatoms. The molecule has 0 N–H and O–H groups in total. The number of hydrogen-bond acceptors (Lipinski definition) is 2. The van der Waals surface area contributed by atoms with Gasteiger partial charge in [0.25, 0.3) is 0 Å². The zero-order valence-corrected chi connectivity index (χ0v) is 26.8. The first-order chi connectivity index (χ1) is 23.2. The van der Waals surface area contributed by atoms with E-state index in [1.807, 2.05) is 0 Å². The fourth-order valence-corrected chi connectivity index (χ4v) is 6.97. The van der Waals surface area contributed by atoms with Crippen LogP contribution in [0.3, 0.4) is 0 Å². The molecule has 3 aliphatic rings. The van der Waals surface area contributed by atoms with Crippen molar-refractivity contribution in [2.24, 2.45) is 5.92 Å². The molecule has 0 fully saturated rings. The Morgan fingerprint density at radius 3 is 1.87 bits per heavy atom. The standard InChI is InChI=1S/C45H38N2/c1-33-15-23-41(24-16-33)47(45-30-22-35-10-6-8-12-39(35)32-45)43-27-19-37(20-28-43)36-17-25-42(26-18-36)46(40-13-3-2-4-14-40)44-29-21-34-9-5-7-11-38(34)31-44/h2-3,5-13,15-31,39H,4,14,32H2,1H3. The molecule has 1 unspecified atom stereocenters. The summed E-state index contributed by atoms with van der Waals surface area (Å²) >= 11 is 0. The molecule has 5 aromatic carbocycles. The van der Waals surface area contributed by atoms with Gasteiger partial charge in [-0.05, 0) is 114 Å². The van der Waals surface area contributed by atoms with Crippen molar-refractivity contribution in [3.8, 4) is 11.1 Å². The zero-order valence-electron chi connectivity index (χ0n) is 26.8. The van der Waals surface area contributed by atoms with Gasteiger partial charge in [-0.2, -0.15) is 0 Å². The number of fused-ring (bicyclic) bond motifs is 2. The third-order valence-electron chi connectivity index (χ3n) is 9.50. The van der Waals surface area contributed by atoms with Gasteiger partial charge in [0.2, 0.25) is 0 Å². The van der Waals surface area contributed by atoms with Crippen LogP contribution in [0.25, 0.3) is 21.9 Å². The van der Waals surface area contributed by atoms with Crippen LogP contribution in [0.4, 0.5) is 22.7 Å². The lowest BCUT2D eigenvalue weighted by atomic mass is 9.86. The maximum absolute atomic E-state index is 2.42. The summed E-state index contributed by atoms with van der Waals surface area (Å²) in [6, 6.07) is 42.3. The monoisotopic (exact) mass is 606 g/mol. The molecule has 5 aromatic rings. The van der Waals surface area contributed by atoms with E-state index in [9.17, 15) is 0 Å². The lowest BCUT2D eigenvalue weighted by molar-refractivity contribution is 0.732. The van der Waals surface area contributed by atoms with Crippen molar-refractivity contribution in [1.82, 2.24) is 0 Å². The smallest absolute Gasteiger partial charge is 0.0464 e. The second kappa shape index (κ2) is 12.7. The highest BCUT2D eigenvalue weighted by atomic mass is 15.2. The molecule has 0 radical (unpaired) electrons. The minimum Gasteiger partial charge on any atom is -0.314 e. The fourth-order valence-electron chi connectivity index (χ4n) is 6.97. The largest absolute Gasteiger partial charge is 0.314 e. The minimum absolute atomic E-state index is 0.417. The lowest BCUT2D eigenvalue weighted by Crippen LogP contribution is -2.21. The number of benzene rings is 5. The van der Waals surface area contributed by atoms with Crippen LogP contribution in [0.15, 0.2) is 187 Å². The van der Waals surface area contributed by atoms with Crippen molar-refractivity contribution in [2.75, 3.05) is 9.80 Å². The van der Waals surface area contributed by atoms with Gasteiger partial charge in [0.05, 0.1) is 0 Å². The molecule has 0 saturated carbocycles. The molecular weight excluding hydrogens is 569 g/mol. The molecule has 0 spiro atoms. The van der Waals surface area contributed by atoms with Gasteiger partial charge in [0.15, 0.2) is 0 Å². The molecule has 1 atom stereocenters. The van der Waals surface area contributed by atoms with E-state index in [1.165, 1.54) is 67.2 Å². The Labute approximate surface area is 278 Å². The summed E-state index contributed by atoms with van der Waals surface area (Å²) < 4.78 is 0. The maximum Gasteiger partial charge on any atom is 0.0464 e. The van der Waals surface area contributed by atoms with Gasteiger partial charge in [0, 0.05) is 40.1 Å². The molecule has 228 valence electrons. The van der Waals surface area contributed by atoms with Crippen molar-refractivity contribution in [2.45, 2.75) is 26.2 Å². The molecule has 3 aliphatic carbocycles. The van der Waals surface area contributed by atoms with Crippen molar-refractivity contribution in [1.29, 1.82) is 0 Å². The van der Waals surface area contributed by atoms with E-state index in [1.54, 1.807) is 0 Å². The van der Waals surface area contributed by atoms with Crippen molar-refractivity contribution < 1.29 is 0 Å². The first-order valence-corrected chi connectivity index (χ1v) is 16.7. The molecule has 0 heterocycles. The predicted octanol–water partition coefficient (Wildman–Crippen LogP) is 12.3. The fraction of sp³-hybridized carbons (Fsp3) is 0.111. The van der Waals surface area contributed by atoms with E-state index in [2.05, 4.69) is 187 Å². The minimum atomic E-state index is 0.417. The summed E-state index contributed by atoms with van der Waals surface area (Å²) in [7, 11) is 0. The quantitative estimate of drug-likeness (QED) is 0.182. The van der Waals surface area contributed by atoms with Crippen LogP contribution in [-0.2, 0) is 0 Å². The average Bonchev–Trinajstić information content (AvgIpc) is 3.14. The van der Waals surface area contributed by atoms with Crippen LogP contribution in [0.1, 0.15) is 24.8 Å². The molecule has 0 aliphatic heterocycles. The van der Waals surface area contributed by atoms with E-state index < -0.39 is 0 Å². The van der Waals surface area contributed by atoms with Crippen molar-refractivity contribution in [3.05, 3.63) is 192 Å². The molecule has 0 amide bonds. The molecule has 0 aromatic heterocycles. The van der Waals surface area contributed by atoms with E-state index in [-0.39, 0.29) is 0 Å². The number of allylic oxidation sites excluding steroid dienone is 12. The molecule has 0 saturated heterocycles. The predicted molar refractivity (Wildman–Crippen MR) is 200 cm³/mol. The second-order valence-corrected chi connectivity index (χ2v) is 12.6. The summed E-state index contributed by atoms with van der Waals surface area (Å²) in [6.07, 6.45) is 23.2. The van der Waals surface area contributed by atoms with Gasteiger partial charge in [-0.15, -0.1) is 0 Å². The lowest BCUT2D eigenvalue weighted by Gasteiger charge is -2.32. The van der Waals surface area contributed by atoms with Crippen LogP contribution in [0, 0.1) is 12.8 Å². The number of aryl methyl sites for hydroxylation is 1. The highest BCUT2D eigenvalue weighted by molar-refractivity contribution is 5.88. The Morgan fingerprint density at radius 2 is 1.19 bits per heavy atom. The Morgan fingerprint density at radius 1 is 0.553 bits per heavy atom. The molecular formula is C45H38N2. The van der Waals surface area contributed by atoms with Gasteiger partial charge >= 0.3 is 0 Å². The SMILES string of the molecule is Cc1ccc(N(C2=CC=C3C=CC=CC3C2)c2ccc(-c3ccc(N(C4=CC=CCC4)c4ccc5ccccc5c4)cc3)cc2)cc1. The van der Waals surface area contributed by atoms with E-state index in [0.717, 1.165) is 19.3 Å². The summed E-state index contributed by atoms with van der Waals surface area (Å²) in [5.74, 6) is 0.417. The average molecular weight is 607 g/mol. The van der Waals surface area contributed by atoms with Crippen LogP contribution >= 0.6 is 0 Å². The zero-order chi connectivity index (χ0) is 31.6. The maximum atomic E-state index is 2.42. The van der Waals surface area contributed by atoms with Crippen LogP contribution in [-0.4, -0.2) is 0 Å².